The Kier molecular flexibility index (Phi) is 6.50. The highest BCUT2D eigenvalue weighted by Gasteiger charge is 2.24. The first-order valence-electron chi connectivity index (χ1n) is 11.9. The van der Waals surface area contributed by atoms with Crippen LogP contribution in [0.15, 0.2) is 36.4 Å². The molecule has 0 saturated heterocycles. The number of nitrogens with one attached hydrogen (secondary N) is 1. The summed E-state index contributed by atoms with van der Waals surface area (Å²) in [5.41, 5.74) is 4.70. The molecule has 1 N–H and O–H groups in total. The molecule has 2 aromatic carbocycles. The molecular weight excluding hydrogens is 467 g/mol. The zero-order chi connectivity index (χ0) is 23.8. The van der Waals surface area contributed by atoms with Gasteiger partial charge in [0.25, 0.3) is 5.91 Å². The fraction of sp³-hybridized carbons (Fsp3) is 0.370. The predicted octanol–water partition coefficient (Wildman–Crippen LogP) is 6.84. The first-order valence-corrected chi connectivity index (χ1v) is 12.6. The van der Waals surface area contributed by atoms with Gasteiger partial charge in [-0.25, -0.2) is 0 Å². The molecule has 3 aromatic rings. The molecule has 0 unspecified atom stereocenters. The summed E-state index contributed by atoms with van der Waals surface area (Å²) in [7, 11) is 0. The van der Waals surface area contributed by atoms with Crippen molar-refractivity contribution in [2.45, 2.75) is 52.0 Å². The minimum Gasteiger partial charge on any atom is -0.365 e. The van der Waals surface area contributed by atoms with Crippen LogP contribution < -0.4 is 5.32 Å². The first-order chi connectivity index (χ1) is 16.4. The molecule has 5 nitrogen and oxygen atoms in total. The Hall–Kier alpha value is -2.63. The Morgan fingerprint density at radius 1 is 1.03 bits per heavy atom. The van der Waals surface area contributed by atoms with Crippen molar-refractivity contribution in [3.63, 3.8) is 0 Å². The number of benzene rings is 2. The van der Waals surface area contributed by atoms with Crippen molar-refractivity contribution in [2.75, 3.05) is 18.4 Å². The maximum absolute atomic E-state index is 13.2. The maximum atomic E-state index is 13.2. The van der Waals surface area contributed by atoms with Crippen LogP contribution in [0, 0.1) is 13.8 Å². The van der Waals surface area contributed by atoms with E-state index in [2.05, 4.69) is 21.6 Å². The number of anilines is 1. The third kappa shape index (κ3) is 4.39. The summed E-state index contributed by atoms with van der Waals surface area (Å²) in [4.78, 5) is 15.1. The molecule has 1 aliphatic carbocycles. The van der Waals surface area contributed by atoms with Crippen molar-refractivity contribution in [1.82, 2.24) is 15.1 Å². The van der Waals surface area contributed by atoms with Crippen LogP contribution in [0.4, 0.5) is 5.82 Å². The summed E-state index contributed by atoms with van der Waals surface area (Å²) in [6, 6.07) is 10.2. The SMILES string of the molecule is Cc1cccc(C)c1C(=O)N1CC=C(c2nnc(NC3CCCC3)c3cc(Cl)c(Cl)cc23)CC1. The number of halogens is 2. The normalized spacial score (nSPS) is 16.7. The summed E-state index contributed by atoms with van der Waals surface area (Å²) >= 11 is 12.8. The van der Waals surface area contributed by atoms with Crippen molar-refractivity contribution in [1.29, 1.82) is 0 Å². The van der Waals surface area contributed by atoms with Gasteiger partial charge in [0.05, 0.1) is 15.7 Å². The number of carbonyl (C=O) groups is 1. The van der Waals surface area contributed by atoms with Crippen LogP contribution in [-0.4, -0.2) is 40.1 Å². The molecule has 2 heterocycles. The van der Waals surface area contributed by atoms with Crippen molar-refractivity contribution in [3.05, 3.63) is 68.8 Å². The Balaban J connectivity index is 1.46. The summed E-state index contributed by atoms with van der Waals surface area (Å²) < 4.78 is 0. The number of fused-ring (bicyclic) bond motifs is 1. The number of aryl methyl sites for hydroxylation is 2. The molecule has 7 heteroatoms. The van der Waals surface area contributed by atoms with Crippen LogP contribution in [0.1, 0.15) is 59.3 Å². The Labute approximate surface area is 210 Å². The fourth-order valence-corrected chi connectivity index (χ4v) is 5.46. The van der Waals surface area contributed by atoms with Crippen LogP contribution in [-0.2, 0) is 0 Å². The van der Waals surface area contributed by atoms with Gasteiger partial charge < -0.3 is 10.2 Å². The van der Waals surface area contributed by atoms with E-state index in [-0.39, 0.29) is 5.91 Å². The molecular formula is C27H28Cl2N4O. The van der Waals surface area contributed by atoms with E-state index in [4.69, 9.17) is 23.2 Å². The third-order valence-corrected chi connectivity index (χ3v) is 7.73. The molecule has 0 bridgehead atoms. The lowest BCUT2D eigenvalue weighted by atomic mass is 9.97. The van der Waals surface area contributed by atoms with E-state index >= 15 is 0 Å². The smallest absolute Gasteiger partial charge is 0.254 e. The average molecular weight is 495 g/mol. The topological polar surface area (TPSA) is 58.1 Å². The highest BCUT2D eigenvalue weighted by Crippen LogP contribution is 2.36. The number of amides is 1. The second-order valence-corrected chi connectivity index (χ2v) is 10.1. The summed E-state index contributed by atoms with van der Waals surface area (Å²) in [6.07, 6.45) is 7.54. The minimum atomic E-state index is 0.0766. The number of carbonyl (C=O) groups excluding carboxylic acids is 1. The van der Waals surface area contributed by atoms with E-state index in [9.17, 15) is 4.79 Å². The molecule has 0 spiro atoms. The highest BCUT2D eigenvalue weighted by atomic mass is 35.5. The van der Waals surface area contributed by atoms with Gasteiger partial charge in [0.2, 0.25) is 0 Å². The molecule has 1 saturated carbocycles. The molecule has 5 rings (SSSR count). The molecule has 1 amide bonds. The fourth-order valence-electron chi connectivity index (χ4n) is 5.13. The predicted molar refractivity (Wildman–Crippen MR) is 140 cm³/mol. The zero-order valence-electron chi connectivity index (χ0n) is 19.5. The van der Waals surface area contributed by atoms with E-state index in [0.29, 0.717) is 35.6 Å². The largest absolute Gasteiger partial charge is 0.365 e. The molecule has 1 fully saturated rings. The number of nitrogens with zero attached hydrogens (tertiary/aromatic N) is 3. The summed E-state index contributed by atoms with van der Waals surface area (Å²) in [6.45, 7) is 5.14. The van der Waals surface area contributed by atoms with Crippen LogP contribution in [0.3, 0.4) is 0 Å². The van der Waals surface area contributed by atoms with Crippen molar-refractivity contribution in [2.24, 2.45) is 0 Å². The molecule has 34 heavy (non-hydrogen) atoms. The highest BCUT2D eigenvalue weighted by molar-refractivity contribution is 6.43. The molecule has 176 valence electrons. The molecule has 0 radical (unpaired) electrons. The second kappa shape index (κ2) is 9.55. The monoisotopic (exact) mass is 494 g/mol. The number of hydrogen-bond donors (Lipinski definition) is 1. The van der Waals surface area contributed by atoms with E-state index < -0.39 is 0 Å². The van der Waals surface area contributed by atoms with Gasteiger partial charge in [-0.2, -0.15) is 0 Å². The lowest BCUT2D eigenvalue weighted by Gasteiger charge is -2.28. The van der Waals surface area contributed by atoms with Crippen LogP contribution >= 0.6 is 23.2 Å². The van der Waals surface area contributed by atoms with E-state index in [1.165, 1.54) is 12.8 Å². The maximum Gasteiger partial charge on any atom is 0.254 e. The van der Waals surface area contributed by atoms with E-state index in [0.717, 1.165) is 57.4 Å². The molecule has 1 aromatic heterocycles. The number of hydrogen-bond acceptors (Lipinski definition) is 4. The molecule has 1 aliphatic heterocycles. The number of aromatic nitrogens is 2. The first kappa shape index (κ1) is 23.1. The van der Waals surface area contributed by atoms with Gasteiger partial charge in [-0.3, -0.25) is 4.79 Å². The minimum absolute atomic E-state index is 0.0766. The van der Waals surface area contributed by atoms with Crippen molar-refractivity contribution < 1.29 is 4.79 Å². The van der Waals surface area contributed by atoms with Gasteiger partial charge in [0, 0.05) is 35.5 Å². The van der Waals surface area contributed by atoms with Gasteiger partial charge >= 0.3 is 0 Å². The van der Waals surface area contributed by atoms with E-state index in [1.54, 1.807) is 0 Å². The average Bonchev–Trinajstić information content (AvgIpc) is 3.33. The van der Waals surface area contributed by atoms with Gasteiger partial charge in [0.1, 0.15) is 0 Å². The molecule has 2 aliphatic rings. The summed E-state index contributed by atoms with van der Waals surface area (Å²) in [5, 5.41) is 15.6. The third-order valence-electron chi connectivity index (χ3n) is 7.01. The van der Waals surface area contributed by atoms with Crippen molar-refractivity contribution >= 4 is 51.3 Å². The standard InChI is InChI=1S/C27H28Cl2N4O/c1-16-6-5-7-17(2)24(16)27(34)33-12-10-18(11-13-33)25-20-14-22(28)23(29)15-21(20)26(32-31-25)30-19-8-3-4-9-19/h5-7,10,14-15,19H,3-4,8-9,11-13H2,1-2H3,(H,30,32). The Morgan fingerprint density at radius 2 is 1.71 bits per heavy atom. The van der Waals surface area contributed by atoms with Gasteiger partial charge in [-0.15, -0.1) is 10.2 Å². The summed E-state index contributed by atoms with van der Waals surface area (Å²) in [5.74, 6) is 0.834. The van der Waals surface area contributed by atoms with Crippen molar-refractivity contribution in [3.8, 4) is 0 Å². The van der Waals surface area contributed by atoms with E-state index in [1.807, 2.05) is 49.1 Å². The zero-order valence-corrected chi connectivity index (χ0v) is 21.0. The number of rotatable bonds is 4. The van der Waals surface area contributed by atoms with Gasteiger partial charge in [-0.1, -0.05) is 60.3 Å². The molecule has 0 atom stereocenters. The second-order valence-electron chi connectivity index (χ2n) is 9.33. The Bertz CT molecular complexity index is 1280. The quantitative estimate of drug-likeness (QED) is 0.431. The lowest BCUT2D eigenvalue weighted by molar-refractivity contribution is 0.0771. The Morgan fingerprint density at radius 3 is 2.35 bits per heavy atom. The van der Waals surface area contributed by atoms with Crippen LogP contribution in [0.25, 0.3) is 16.3 Å². The lowest BCUT2D eigenvalue weighted by Crippen LogP contribution is -2.35. The van der Waals surface area contributed by atoms with Crippen LogP contribution in [0.2, 0.25) is 10.0 Å². The van der Waals surface area contributed by atoms with Crippen LogP contribution in [0.5, 0.6) is 0 Å². The van der Waals surface area contributed by atoms with Gasteiger partial charge in [-0.05, 0) is 61.9 Å². The van der Waals surface area contributed by atoms with Gasteiger partial charge in [0.15, 0.2) is 5.82 Å².